The van der Waals surface area contributed by atoms with Crippen molar-refractivity contribution < 1.29 is 4.79 Å². The lowest BCUT2D eigenvalue weighted by atomic mass is 10.3. The number of hydrogen-bond donors (Lipinski definition) is 0. The fraction of sp³-hybridized carbons (Fsp3) is 0.500. The number of thiophene rings is 1. The zero-order valence-electron chi connectivity index (χ0n) is 8.37. The number of alkyl halides is 1. The Kier molecular flexibility index (Phi) is 4.42. The van der Waals surface area contributed by atoms with Crippen molar-refractivity contribution in [2.24, 2.45) is 0 Å². The first kappa shape index (κ1) is 11.5. The quantitative estimate of drug-likeness (QED) is 0.729. The Morgan fingerprint density at radius 2 is 2.43 bits per heavy atom. The summed E-state index contributed by atoms with van der Waals surface area (Å²) in [5.41, 5.74) is 0. The van der Waals surface area contributed by atoms with Crippen molar-refractivity contribution in [1.29, 1.82) is 0 Å². The Balaban J connectivity index is 2.35. The van der Waals surface area contributed by atoms with Crippen LogP contribution < -0.4 is 0 Å². The predicted molar refractivity (Wildman–Crippen MR) is 61.0 cm³/mol. The van der Waals surface area contributed by atoms with Gasteiger partial charge in [-0.25, -0.2) is 0 Å². The highest BCUT2D eigenvalue weighted by Crippen LogP contribution is 2.10. The van der Waals surface area contributed by atoms with Gasteiger partial charge in [0.15, 0.2) is 0 Å². The lowest BCUT2D eigenvalue weighted by molar-refractivity contribution is -0.129. The summed E-state index contributed by atoms with van der Waals surface area (Å²) in [6.07, 6.45) is 0.906. The number of carbonyl (C=O) groups excluding carboxylic acids is 1. The first-order chi connectivity index (χ1) is 6.61. The maximum atomic E-state index is 11.4. The smallest absolute Gasteiger partial charge is 0.240 e. The summed E-state index contributed by atoms with van der Waals surface area (Å²) in [6.45, 7) is 2.43. The number of rotatable bonds is 4. The molecule has 0 saturated carbocycles. The molecule has 2 nitrogen and oxygen atoms in total. The predicted octanol–water partition coefficient (Wildman–Crippen LogP) is 2.38. The van der Waals surface area contributed by atoms with E-state index in [2.05, 4.69) is 6.07 Å². The average molecular weight is 232 g/mol. The van der Waals surface area contributed by atoms with Crippen molar-refractivity contribution in [3.8, 4) is 0 Å². The Hall–Kier alpha value is -0.540. The number of halogens is 1. The first-order valence-corrected chi connectivity index (χ1v) is 5.84. The molecule has 0 aliphatic carbocycles. The van der Waals surface area contributed by atoms with E-state index in [1.807, 2.05) is 11.4 Å². The number of nitrogens with zero attached hydrogens (tertiary/aromatic N) is 1. The molecule has 0 aliphatic rings. The second-order valence-corrected chi connectivity index (χ2v) is 4.89. The third-order valence-corrected chi connectivity index (χ3v) is 3.11. The van der Waals surface area contributed by atoms with E-state index in [4.69, 9.17) is 11.6 Å². The van der Waals surface area contributed by atoms with Crippen LogP contribution in [0.4, 0.5) is 0 Å². The minimum Gasteiger partial charge on any atom is -0.344 e. The molecule has 0 N–H and O–H groups in total. The van der Waals surface area contributed by atoms with Crippen molar-refractivity contribution in [2.45, 2.75) is 18.7 Å². The monoisotopic (exact) mass is 231 g/mol. The number of amides is 1. The van der Waals surface area contributed by atoms with Gasteiger partial charge in [0.2, 0.25) is 5.91 Å². The number of carbonyl (C=O) groups is 1. The van der Waals surface area contributed by atoms with Gasteiger partial charge in [0.25, 0.3) is 0 Å². The van der Waals surface area contributed by atoms with Crippen LogP contribution in [0.15, 0.2) is 17.5 Å². The highest BCUT2D eigenvalue weighted by atomic mass is 35.5. The SMILES string of the molecule is CC(Cl)C(=O)N(C)CCc1cccs1. The third kappa shape index (κ3) is 3.31. The minimum atomic E-state index is -0.427. The topological polar surface area (TPSA) is 20.3 Å². The summed E-state index contributed by atoms with van der Waals surface area (Å²) in [7, 11) is 1.79. The molecule has 0 aromatic carbocycles. The van der Waals surface area contributed by atoms with Crippen LogP contribution in [-0.2, 0) is 11.2 Å². The molecule has 1 aromatic heterocycles. The van der Waals surface area contributed by atoms with Gasteiger partial charge >= 0.3 is 0 Å². The van der Waals surface area contributed by atoms with Crippen LogP contribution in [0.25, 0.3) is 0 Å². The molecule has 0 fully saturated rings. The van der Waals surface area contributed by atoms with Gasteiger partial charge in [-0.2, -0.15) is 0 Å². The summed E-state index contributed by atoms with van der Waals surface area (Å²) in [5.74, 6) is -0.0109. The van der Waals surface area contributed by atoms with Crippen LogP contribution in [0.2, 0.25) is 0 Å². The molecule has 1 heterocycles. The summed E-state index contributed by atoms with van der Waals surface area (Å²) in [4.78, 5) is 14.4. The Morgan fingerprint density at radius 3 is 2.93 bits per heavy atom. The van der Waals surface area contributed by atoms with Crippen LogP contribution in [0, 0.1) is 0 Å². The maximum Gasteiger partial charge on any atom is 0.240 e. The van der Waals surface area contributed by atoms with Crippen molar-refractivity contribution in [3.05, 3.63) is 22.4 Å². The second-order valence-electron chi connectivity index (χ2n) is 3.21. The van der Waals surface area contributed by atoms with Gasteiger partial charge in [0.05, 0.1) is 0 Å². The average Bonchev–Trinajstić information content (AvgIpc) is 2.65. The fourth-order valence-corrected chi connectivity index (χ4v) is 2.01. The van der Waals surface area contributed by atoms with Crippen molar-refractivity contribution in [2.75, 3.05) is 13.6 Å². The lowest BCUT2D eigenvalue weighted by Crippen LogP contribution is -2.33. The molecule has 1 amide bonds. The van der Waals surface area contributed by atoms with Gasteiger partial charge in [-0.3, -0.25) is 4.79 Å². The van der Waals surface area contributed by atoms with E-state index in [0.717, 1.165) is 13.0 Å². The molecule has 0 radical (unpaired) electrons. The Labute approximate surface area is 93.5 Å². The Bertz CT molecular complexity index is 284. The highest BCUT2D eigenvalue weighted by molar-refractivity contribution is 7.09. The number of hydrogen-bond acceptors (Lipinski definition) is 2. The van der Waals surface area contributed by atoms with E-state index >= 15 is 0 Å². The molecule has 0 spiro atoms. The molecule has 1 aromatic rings. The van der Waals surface area contributed by atoms with E-state index in [0.29, 0.717) is 0 Å². The van der Waals surface area contributed by atoms with E-state index < -0.39 is 5.38 Å². The fourth-order valence-electron chi connectivity index (χ4n) is 1.15. The molecular weight excluding hydrogens is 218 g/mol. The van der Waals surface area contributed by atoms with Crippen molar-refractivity contribution >= 4 is 28.8 Å². The first-order valence-electron chi connectivity index (χ1n) is 4.52. The van der Waals surface area contributed by atoms with Crippen molar-refractivity contribution in [3.63, 3.8) is 0 Å². The molecule has 14 heavy (non-hydrogen) atoms. The lowest BCUT2D eigenvalue weighted by Gasteiger charge is -2.17. The van der Waals surface area contributed by atoms with Crippen LogP contribution in [0.1, 0.15) is 11.8 Å². The van der Waals surface area contributed by atoms with Gasteiger partial charge in [0, 0.05) is 18.5 Å². The van der Waals surface area contributed by atoms with E-state index in [1.165, 1.54) is 4.88 Å². The highest BCUT2D eigenvalue weighted by Gasteiger charge is 2.14. The zero-order valence-corrected chi connectivity index (χ0v) is 9.94. The molecule has 0 saturated heterocycles. The van der Waals surface area contributed by atoms with Crippen LogP contribution in [0.3, 0.4) is 0 Å². The number of likely N-dealkylation sites (N-methyl/N-ethyl adjacent to an activating group) is 1. The molecular formula is C10H14ClNOS. The van der Waals surface area contributed by atoms with Gasteiger partial charge in [-0.1, -0.05) is 6.07 Å². The Morgan fingerprint density at radius 1 is 1.71 bits per heavy atom. The molecule has 1 atom stereocenters. The zero-order chi connectivity index (χ0) is 10.6. The van der Waals surface area contributed by atoms with Gasteiger partial charge in [-0.05, 0) is 24.8 Å². The molecule has 0 bridgehead atoms. The third-order valence-electron chi connectivity index (χ3n) is 1.99. The van der Waals surface area contributed by atoms with Gasteiger partial charge in [0.1, 0.15) is 5.38 Å². The molecule has 1 rings (SSSR count). The van der Waals surface area contributed by atoms with E-state index in [1.54, 1.807) is 30.2 Å². The van der Waals surface area contributed by atoms with E-state index in [9.17, 15) is 4.79 Å². The molecule has 0 aliphatic heterocycles. The molecule has 4 heteroatoms. The normalized spacial score (nSPS) is 12.5. The maximum absolute atomic E-state index is 11.4. The molecule has 78 valence electrons. The van der Waals surface area contributed by atoms with Gasteiger partial charge in [-0.15, -0.1) is 22.9 Å². The van der Waals surface area contributed by atoms with E-state index in [-0.39, 0.29) is 5.91 Å². The van der Waals surface area contributed by atoms with Gasteiger partial charge < -0.3 is 4.90 Å². The molecule has 1 unspecified atom stereocenters. The van der Waals surface area contributed by atoms with Crippen LogP contribution in [-0.4, -0.2) is 29.8 Å². The minimum absolute atomic E-state index is 0.0109. The second kappa shape index (κ2) is 5.37. The van der Waals surface area contributed by atoms with Crippen molar-refractivity contribution in [1.82, 2.24) is 4.90 Å². The van der Waals surface area contributed by atoms with Crippen LogP contribution >= 0.6 is 22.9 Å². The van der Waals surface area contributed by atoms with Crippen LogP contribution in [0.5, 0.6) is 0 Å². The standard InChI is InChI=1S/C10H14ClNOS/c1-8(11)10(13)12(2)6-5-9-4-3-7-14-9/h3-4,7-8H,5-6H2,1-2H3. The summed E-state index contributed by atoms with van der Waals surface area (Å²) in [6, 6.07) is 4.10. The summed E-state index contributed by atoms with van der Waals surface area (Å²) >= 11 is 7.41. The summed E-state index contributed by atoms with van der Waals surface area (Å²) in [5, 5.41) is 1.62. The largest absolute Gasteiger partial charge is 0.344 e. The summed E-state index contributed by atoms with van der Waals surface area (Å²) < 4.78 is 0.